The van der Waals surface area contributed by atoms with Gasteiger partial charge in [-0.1, -0.05) is 0 Å². The predicted octanol–water partition coefficient (Wildman–Crippen LogP) is -1.25. The van der Waals surface area contributed by atoms with Crippen LogP contribution in [-0.4, -0.2) is 42.6 Å². The van der Waals surface area contributed by atoms with Crippen LogP contribution in [0.2, 0.25) is 0 Å². The molecule has 0 rings (SSSR count). The number of carboxylic acid groups (broad SMARTS) is 1. The van der Waals surface area contributed by atoms with Crippen molar-refractivity contribution >= 4 is 18.3 Å². The van der Waals surface area contributed by atoms with Gasteiger partial charge in [-0.25, -0.2) is 10.7 Å². The summed E-state index contributed by atoms with van der Waals surface area (Å²) in [4.78, 5) is 36.5. The second-order valence-electron chi connectivity index (χ2n) is 3.64. The molecular formula is C10H19N3O5. The van der Waals surface area contributed by atoms with Crippen molar-refractivity contribution in [3.05, 3.63) is 0 Å². The third-order valence-electron chi connectivity index (χ3n) is 2.24. The molecule has 0 aliphatic carbocycles. The highest BCUT2D eigenvalue weighted by Gasteiger charge is 2.17. The Bertz CT molecular complexity index is 272. The van der Waals surface area contributed by atoms with Crippen molar-refractivity contribution in [2.75, 3.05) is 13.2 Å². The molecule has 1 atom stereocenters. The Morgan fingerprint density at radius 3 is 2.67 bits per heavy atom. The van der Waals surface area contributed by atoms with Gasteiger partial charge in [-0.2, -0.15) is 0 Å². The van der Waals surface area contributed by atoms with E-state index in [2.05, 4.69) is 15.5 Å². The third-order valence-corrected chi connectivity index (χ3v) is 2.24. The molecule has 0 radical (unpaired) electrons. The first-order valence-electron chi connectivity index (χ1n) is 5.62. The summed E-state index contributed by atoms with van der Waals surface area (Å²) >= 11 is 0. The standard InChI is InChI=1S/C10H19N3O5/c11-18-6-2-1-5-12-9(15)4-3-8(10(16)17)13-7-14/h7-8H,1-6,11H2,(H,12,15)(H,13,14)(H,16,17). The van der Waals surface area contributed by atoms with Gasteiger partial charge in [0.25, 0.3) is 0 Å². The maximum absolute atomic E-state index is 11.3. The summed E-state index contributed by atoms with van der Waals surface area (Å²) in [5.74, 6) is 3.42. The van der Waals surface area contributed by atoms with Crippen molar-refractivity contribution in [1.82, 2.24) is 10.6 Å². The number of nitrogens with one attached hydrogen (secondary N) is 2. The summed E-state index contributed by atoms with van der Waals surface area (Å²) in [6.07, 6.45) is 1.89. The van der Waals surface area contributed by atoms with Crippen molar-refractivity contribution in [3.63, 3.8) is 0 Å². The van der Waals surface area contributed by atoms with E-state index in [0.29, 0.717) is 19.6 Å². The van der Waals surface area contributed by atoms with Crippen LogP contribution in [0.25, 0.3) is 0 Å². The number of carboxylic acids is 1. The first-order chi connectivity index (χ1) is 8.61. The van der Waals surface area contributed by atoms with Gasteiger partial charge in [-0.3, -0.25) is 9.59 Å². The molecular weight excluding hydrogens is 242 g/mol. The Balaban J connectivity index is 3.67. The molecule has 0 bridgehead atoms. The minimum Gasteiger partial charge on any atom is -0.480 e. The van der Waals surface area contributed by atoms with Crippen LogP contribution >= 0.6 is 0 Å². The van der Waals surface area contributed by atoms with E-state index >= 15 is 0 Å². The summed E-state index contributed by atoms with van der Waals surface area (Å²) in [7, 11) is 0. The van der Waals surface area contributed by atoms with Crippen molar-refractivity contribution in [2.24, 2.45) is 5.90 Å². The quantitative estimate of drug-likeness (QED) is 0.209. The molecule has 0 aromatic heterocycles. The normalized spacial score (nSPS) is 11.6. The number of nitrogens with two attached hydrogens (primary N) is 1. The molecule has 0 aromatic carbocycles. The summed E-state index contributed by atoms with van der Waals surface area (Å²) in [5.41, 5.74) is 0. The molecule has 5 N–H and O–H groups in total. The van der Waals surface area contributed by atoms with Gasteiger partial charge in [-0.15, -0.1) is 0 Å². The third kappa shape index (κ3) is 8.48. The predicted molar refractivity (Wildman–Crippen MR) is 62.2 cm³/mol. The zero-order chi connectivity index (χ0) is 13.8. The zero-order valence-corrected chi connectivity index (χ0v) is 10.1. The number of carbonyl (C=O) groups is 3. The molecule has 104 valence electrons. The van der Waals surface area contributed by atoms with Crippen LogP contribution in [0.15, 0.2) is 0 Å². The maximum atomic E-state index is 11.3. The molecule has 0 spiro atoms. The molecule has 8 heteroatoms. The number of hydrogen-bond acceptors (Lipinski definition) is 5. The molecule has 0 saturated carbocycles. The highest BCUT2D eigenvalue weighted by atomic mass is 16.6. The number of unbranched alkanes of at least 4 members (excludes halogenated alkanes) is 1. The number of amides is 2. The number of hydrogen-bond donors (Lipinski definition) is 4. The summed E-state index contributed by atoms with van der Waals surface area (Å²) in [6, 6.07) is -1.03. The van der Waals surface area contributed by atoms with Gasteiger partial charge in [0, 0.05) is 13.0 Å². The van der Waals surface area contributed by atoms with Crippen LogP contribution in [0.5, 0.6) is 0 Å². The lowest BCUT2D eigenvalue weighted by Crippen LogP contribution is -2.37. The molecule has 18 heavy (non-hydrogen) atoms. The number of rotatable bonds is 11. The highest BCUT2D eigenvalue weighted by Crippen LogP contribution is 1.97. The van der Waals surface area contributed by atoms with Crippen molar-refractivity contribution < 1.29 is 24.3 Å². The van der Waals surface area contributed by atoms with E-state index < -0.39 is 12.0 Å². The van der Waals surface area contributed by atoms with Crippen LogP contribution in [0.4, 0.5) is 0 Å². The van der Waals surface area contributed by atoms with Gasteiger partial charge in [0.1, 0.15) is 6.04 Å². The smallest absolute Gasteiger partial charge is 0.326 e. The maximum Gasteiger partial charge on any atom is 0.326 e. The summed E-state index contributed by atoms with van der Waals surface area (Å²) in [6.45, 7) is 0.918. The molecule has 0 fully saturated rings. The molecule has 0 aromatic rings. The number of carbonyl (C=O) groups excluding carboxylic acids is 2. The van der Waals surface area contributed by atoms with Gasteiger partial charge in [0.2, 0.25) is 12.3 Å². The van der Waals surface area contributed by atoms with Crippen LogP contribution < -0.4 is 16.5 Å². The Hall–Kier alpha value is -1.67. The topological polar surface area (TPSA) is 131 Å². The fourth-order valence-corrected chi connectivity index (χ4v) is 1.26. The molecule has 1 unspecified atom stereocenters. The second kappa shape index (κ2) is 10.5. The largest absolute Gasteiger partial charge is 0.480 e. The molecule has 0 saturated heterocycles. The monoisotopic (exact) mass is 261 g/mol. The molecule has 0 aliphatic heterocycles. The Kier molecular flexibility index (Phi) is 9.51. The van der Waals surface area contributed by atoms with Gasteiger partial charge >= 0.3 is 5.97 Å². The Labute approximate surface area is 105 Å². The zero-order valence-electron chi connectivity index (χ0n) is 10.1. The van der Waals surface area contributed by atoms with Gasteiger partial charge < -0.3 is 20.6 Å². The van der Waals surface area contributed by atoms with Crippen molar-refractivity contribution in [3.8, 4) is 0 Å². The Morgan fingerprint density at radius 1 is 1.39 bits per heavy atom. The van der Waals surface area contributed by atoms with Crippen LogP contribution in [0.3, 0.4) is 0 Å². The Morgan fingerprint density at radius 2 is 2.11 bits per heavy atom. The van der Waals surface area contributed by atoms with Crippen LogP contribution in [0, 0.1) is 0 Å². The van der Waals surface area contributed by atoms with Crippen LogP contribution in [0.1, 0.15) is 25.7 Å². The minimum atomic E-state index is -1.16. The lowest BCUT2D eigenvalue weighted by Gasteiger charge is -2.10. The minimum absolute atomic E-state index is 0.0468. The lowest BCUT2D eigenvalue weighted by molar-refractivity contribution is -0.140. The van der Waals surface area contributed by atoms with E-state index in [-0.39, 0.29) is 18.7 Å². The SMILES string of the molecule is NOCCCCNC(=O)CCC(NC=O)C(=O)O. The number of aliphatic carboxylic acids is 1. The van der Waals surface area contributed by atoms with E-state index in [4.69, 9.17) is 11.0 Å². The first-order valence-corrected chi connectivity index (χ1v) is 5.62. The highest BCUT2D eigenvalue weighted by molar-refractivity contribution is 5.79. The average molecular weight is 261 g/mol. The van der Waals surface area contributed by atoms with E-state index in [0.717, 1.165) is 12.8 Å². The van der Waals surface area contributed by atoms with Crippen molar-refractivity contribution in [2.45, 2.75) is 31.7 Å². The van der Waals surface area contributed by atoms with E-state index in [1.165, 1.54) is 0 Å². The summed E-state index contributed by atoms with van der Waals surface area (Å²) < 4.78 is 0. The fourth-order valence-electron chi connectivity index (χ4n) is 1.26. The van der Waals surface area contributed by atoms with E-state index in [1.807, 2.05) is 0 Å². The van der Waals surface area contributed by atoms with Gasteiger partial charge in [0.15, 0.2) is 0 Å². The first kappa shape index (κ1) is 16.3. The van der Waals surface area contributed by atoms with E-state index in [9.17, 15) is 14.4 Å². The average Bonchev–Trinajstić information content (AvgIpc) is 2.33. The van der Waals surface area contributed by atoms with Gasteiger partial charge in [0.05, 0.1) is 6.61 Å². The lowest BCUT2D eigenvalue weighted by atomic mass is 10.1. The summed E-state index contributed by atoms with van der Waals surface area (Å²) in [5, 5.41) is 13.5. The van der Waals surface area contributed by atoms with Crippen molar-refractivity contribution in [1.29, 1.82) is 0 Å². The van der Waals surface area contributed by atoms with E-state index in [1.54, 1.807) is 0 Å². The fraction of sp³-hybridized carbons (Fsp3) is 0.700. The molecule has 8 nitrogen and oxygen atoms in total. The molecule has 0 aliphatic rings. The van der Waals surface area contributed by atoms with Crippen LogP contribution in [-0.2, 0) is 19.2 Å². The second-order valence-corrected chi connectivity index (χ2v) is 3.64. The van der Waals surface area contributed by atoms with Gasteiger partial charge in [-0.05, 0) is 19.3 Å². The molecule has 0 heterocycles. The molecule has 2 amide bonds.